The lowest BCUT2D eigenvalue weighted by atomic mass is 9.81. The first kappa shape index (κ1) is 10.1. The highest BCUT2D eigenvalue weighted by atomic mass is 16.5. The van der Waals surface area contributed by atoms with E-state index in [4.69, 9.17) is 4.74 Å². The molecule has 0 radical (unpaired) electrons. The first-order valence-electron chi connectivity index (χ1n) is 5.82. The van der Waals surface area contributed by atoms with Crippen molar-refractivity contribution < 1.29 is 9.84 Å². The van der Waals surface area contributed by atoms with E-state index in [1.54, 1.807) is 7.11 Å². The van der Waals surface area contributed by atoms with Crippen LogP contribution in [-0.2, 0) is 5.41 Å². The summed E-state index contributed by atoms with van der Waals surface area (Å²) in [6.07, 6.45) is 1.66. The number of ether oxygens (including phenoxy) is 1. The molecule has 3 heteroatoms. The smallest absolute Gasteiger partial charge is 0.119 e. The fraction of sp³-hybridized carbons (Fsp3) is 0.538. The molecule has 2 atom stereocenters. The Bertz CT molecular complexity index is 410. The van der Waals surface area contributed by atoms with E-state index in [0.717, 1.165) is 37.2 Å². The van der Waals surface area contributed by atoms with Crippen LogP contribution >= 0.6 is 0 Å². The maximum atomic E-state index is 10.1. The molecule has 1 saturated heterocycles. The Balaban J connectivity index is 2.11. The molecule has 0 aromatic heterocycles. The molecule has 0 bridgehead atoms. The second-order valence-electron chi connectivity index (χ2n) is 4.88. The van der Waals surface area contributed by atoms with Gasteiger partial charge in [-0.1, -0.05) is 6.07 Å². The van der Waals surface area contributed by atoms with Gasteiger partial charge in [0.2, 0.25) is 0 Å². The number of methoxy groups -OCH3 is 1. The van der Waals surface area contributed by atoms with Gasteiger partial charge in [-0.3, -0.25) is 0 Å². The zero-order valence-corrected chi connectivity index (χ0v) is 9.49. The predicted octanol–water partition coefficient (Wildman–Crippen LogP) is 1.36. The number of aliphatic hydroxyl groups excluding tert-OH is 1. The van der Waals surface area contributed by atoms with Crippen molar-refractivity contribution in [3.63, 3.8) is 0 Å². The van der Waals surface area contributed by atoms with Gasteiger partial charge in [0.05, 0.1) is 13.2 Å². The fourth-order valence-corrected chi connectivity index (χ4v) is 3.15. The molecule has 1 heterocycles. The minimum Gasteiger partial charge on any atom is -0.497 e. The molecule has 3 nitrogen and oxygen atoms in total. The Morgan fingerprint density at radius 3 is 3.06 bits per heavy atom. The van der Waals surface area contributed by atoms with Crippen LogP contribution in [0.5, 0.6) is 5.75 Å². The van der Waals surface area contributed by atoms with Gasteiger partial charge in [0.1, 0.15) is 5.75 Å². The third kappa shape index (κ3) is 1.28. The molecule has 1 aliphatic heterocycles. The van der Waals surface area contributed by atoms with Gasteiger partial charge < -0.3 is 15.2 Å². The zero-order chi connectivity index (χ0) is 11.2. The van der Waals surface area contributed by atoms with Crippen LogP contribution < -0.4 is 10.1 Å². The van der Waals surface area contributed by atoms with Crippen LogP contribution in [0.15, 0.2) is 18.2 Å². The molecule has 3 rings (SSSR count). The lowest BCUT2D eigenvalue weighted by molar-refractivity contribution is 0.158. The summed E-state index contributed by atoms with van der Waals surface area (Å²) in [7, 11) is 1.69. The Morgan fingerprint density at radius 2 is 2.38 bits per heavy atom. The van der Waals surface area contributed by atoms with Crippen molar-refractivity contribution in [2.75, 3.05) is 20.2 Å². The minimum absolute atomic E-state index is 0.142. The van der Waals surface area contributed by atoms with Crippen molar-refractivity contribution in [1.82, 2.24) is 5.32 Å². The summed E-state index contributed by atoms with van der Waals surface area (Å²) in [5.41, 5.74) is 2.51. The summed E-state index contributed by atoms with van der Waals surface area (Å²) in [5, 5.41) is 13.5. The highest BCUT2D eigenvalue weighted by Crippen LogP contribution is 2.49. The van der Waals surface area contributed by atoms with Gasteiger partial charge in [0, 0.05) is 12.0 Å². The van der Waals surface area contributed by atoms with E-state index in [1.165, 1.54) is 5.56 Å². The summed E-state index contributed by atoms with van der Waals surface area (Å²) < 4.78 is 5.28. The average molecular weight is 219 g/mol. The summed E-state index contributed by atoms with van der Waals surface area (Å²) >= 11 is 0. The number of benzene rings is 1. The van der Waals surface area contributed by atoms with Gasteiger partial charge in [-0.2, -0.15) is 0 Å². The zero-order valence-electron chi connectivity index (χ0n) is 9.49. The fourth-order valence-electron chi connectivity index (χ4n) is 3.15. The van der Waals surface area contributed by atoms with Crippen molar-refractivity contribution in [2.24, 2.45) is 0 Å². The molecule has 1 aromatic carbocycles. The van der Waals surface area contributed by atoms with E-state index in [9.17, 15) is 5.11 Å². The van der Waals surface area contributed by atoms with Crippen LogP contribution in [0.25, 0.3) is 0 Å². The number of fused-ring (bicyclic) bond motifs is 2. The standard InChI is InChI=1S/C13H17NO2/c1-16-9-2-3-10-11(6-9)13(7-12(10)15)4-5-14-8-13/h2-3,6,12,14-15H,4-5,7-8H2,1H3. The SMILES string of the molecule is COc1ccc2c(c1)C1(CCNC1)CC2O. The topological polar surface area (TPSA) is 41.5 Å². The van der Waals surface area contributed by atoms with E-state index in [1.807, 2.05) is 12.1 Å². The summed E-state index contributed by atoms with van der Waals surface area (Å²) in [4.78, 5) is 0. The molecule has 16 heavy (non-hydrogen) atoms. The molecule has 2 aliphatic rings. The quantitative estimate of drug-likeness (QED) is 0.749. The van der Waals surface area contributed by atoms with Crippen molar-refractivity contribution in [1.29, 1.82) is 0 Å². The van der Waals surface area contributed by atoms with Gasteiger partial charge in [-0.05, 0) is 42.6 Å². The van der Waals surface area contributed by atoms with Gasteiger partial charge in [-0.25, -0.2) is 0 Å². The first-order chi connectivity index (χ1) is 7.75. The van der Waals surface area contributed by atoms with Crippen molar-refractivity contribution >= 4 is 0 Å². The van der Waals surface area contributed by atoms with Gasteiger partial charge >= 0.3 is 0 Å². The summed E-state index contributed by atoms with van der Waals surface area (Å²) in [5.74, 6) is 0.888. The highest BCUT2D eigenvalue weighted by Gasteiger charge is 2.45. The van der Waals surface area contributed by atoms with Gasteiger partial charge in [0.15, 0.2) is 0 Å². The average Bonchev–Trinajstić information content (AvgIpc) is 2.87. The Kier molecular flexibility index (Phi) is 2.19. The van der Waals surface area contributed by atoms with Crippen molar-refractivity contribution in [3.05, 3.63) is 29.3 Å². The van der Waals surface area contributed by atoms with E-state index in [0.29, 0.717) is 0 Å². The lowest BCUT2D eigenvalue weighted by Gasteiger charge is -2.23. The van der Waals surface area contributed by atoms with Crippen molar-refractivity contribution in [3.8, 4) is 5.75 Å². The second-order valence-corrected chi connectivity index (χ2v) is 4.88. The monoisotopic (exact) mass is 219 g/mol. The lowest BCUT2D eigenvalue weighted by Crippen LogP contribution is -2.26. The minimum atomic E-state index is -0.305. The largest absolute Gasteiger partial charge is 0.497 e. The van der Waals surface area contributed by atoms with Gasteiger partial charge in [-0.15, -0.1) is 0 Å². The highest BCUT2D eigenvalue weighted by molar-refractivity contribution is 5.46. The molecular weight excluding hydrogens is 202 g/mol. The molecular formula is C13H17NO2. The van der Waals surface area contributed by atoms with E-state index in [2.05, 4.69) is 11.4 Å². The molecule has 0 saturated carbocycles. The maximum absolute atomic E-state index is 10.1. The predicted molar refractivity (Wildman–Crippen MR) is 61.7 cm³/mol. The third-order valence-electron chi connectivity index (χ3n) is 4.02. The van der Waals surface area contributed by atoms with Gasteiger partial charge in [0.25, 0.3) is 0 Å². The molecule has 0 amide bonds. The number of aliphatic hydroxyl groups is 1. The molecule has 1 spiro atoms. The Hall–Kier alpha value is -1.06. The van der Waals surface area contributed by atoms with Crippen LogP contribution in [0.3, 0.4) is 0 Å². The number of rotatable bonds is 1. The van der Waals surface area contributed by atoms with E-state index >= 15 is 0 Å². The van der Waals surface area contributed by atoms with Crippen LogP contribution in [0.4, 0.5) is 0 Å². The molecule has 1 aliphatic carbocycles. The van der Waals surface area contributed by atoms with Crippen LogP contribution in [0.2, 0.25) is 0 Å². The number of hydrogen-bond donors (Lipinski definition) is 2. The Labute approximate surface area is 95.4 Å². The van der Waals surface area contributed by atoms with Crippen LogP contribution in [0, 0.1) is 0 Å². The Morgan fingerprint density at radius 1 is 1.50 bits per heavy atom. The molecule has 1 aromatic rings. The van der Waals surface area contributed by atoms with Crippen LogP contribution in [-0.4, -0.2) is 25.3 Å². The normalized spacial score (nSPS) is 32.0. The number of nitrogens with one attached hydrogen (secondary N) is 1. The third-order valence-corrected chi connectivity index (χ3v) is 4.02. The maximum Gasteiger partial charge on any atom is 0.119 e. The van der Waals surface area contributed by atoms with Crippen molar-refractivity contribution in [2.45, 2.75) is 24.4 Å². The molecule has 2 N–H and O–H groups in total. The van der Waals surface area contributed by atoms with Crippen LogP contribution in [0.1, 0.15) is 30.1 Å². The molecule has 2 unspecified atom stereocenters. The molecule has 1 fully saturated rings. The second kappa shape index (κ2) is 3.47. The molecule has 86 valence electrons. The first-order valence-corrected chi connectivity index (χ1v) is 5.82. The van der Waals surface area contributed by atoms with E-state index in [-0.39, 0.29) is 11.5 Å². The number of hydrogen-bond acceptors (Lipinski definition) is 3. The summed E-state index contributed by atoms with van der Waals surface area (Å²) in [6.45, 7) is 2.02. The summed E-state index contributed by atoms with van der Waals surface area (Å²) in [6, 6.07) is 6.04. The van der Waals surface area contributed by atoms with E-state index < -0.39 is 0 Å².